The van der Waals surface area contributed by atoms with E-state index in [4.69, 9.17) is 16.3 Å². The van der Waals surface area contributed by atoms with Gasteiger partial charge in [-0.15, -0.1) is 0 Å². The number of amides is 2. The van der Waals surface area contributed by atoms with Crippen molar-refractivity contribution in [1.29, 1.82) is 0 Å². The highest BCUT2D eigenvalue weighted by Gasteiger charge is 2.24. The number of carbonyl (C=O) groups is 2. The predicted molar refractivity (Wildman–Crippen MR) is 103 cm³/mol. The number of nitrogens with zero attached hydrogens (tertiary/aromatic N) is 1. The lowest BCUT2D eigenvalue weighted by molar-refractivity contribution is -0.125. The second-order valence-electron chi connectivity index (χ2n) is 6.71. The van der Waals surface area contributed by atoms with Crippen LogP contribution in [0, 0.1) is 0 Å². The summed E-state index contributed by atoms with van der Waals surface area (Å²) in [6, 6.07) is 5.24. The van der Waals surface area contributed by atoms with Crippen LogP contribution in [0.15, 0.2) is 29.8 Å². The highest BCUT2D eigenvalue weighted by molar-refractivity contribution is 6.31. The first-order valence-corrected chi connectivity index (χ1v) is 9.68. The largest absolute Gasteiger partial charge is 0.490 e. The van der Waals surface area contributed by atoms with E-state index in [1.807, 2.05) is 0 Å². The van der Waals surface area contributed by atoms with Gasteiger partial charge in [0.2, 0.25) is 11.8 Å². The summed E-state index contributed by atoms with van der Waals surface area (Å²) in [6.07, 6.45) is 8.41. The Morgan fingerprint density at radius 1 is 1.23 bits per heavy atom. The summed E-state index contributed by atoms with van der Waals surface area (Å²) in [6.45, 7) is 1.57. The van der Waals surface area contributed by atoms with Crippen molar-refractivity contribution in [2.75, 3.05) is 24.6 Å². The zero-order chi connectivity index (χ0) is 18.4. The number of fused-ring (bicyclic) bond motifs is 1. The highest BCUT2D eigenvalue weighted by Crippen LogP contribution is 2.34. The molecule has 1 aromatic rings. The third kappa shape index (κ3) is 5.01. The quantitative estimate of drug-likeness (QED) is 0.767. The first-order valence-electron chi connectivity index (χ1n) is 9.31. The third-order valence-corrected chi connectivity index (χ3v) is 5.04. The molecule has 2 aliphatic rings. The number of hydrogen-bond donors (Lipinski definition) is 1. The van der Waals surface area contributed by atoms with Gasteiger partial charge in [-0.1, -0.05) is 23.3 Å². The molecule has 2 amide bonds. The summed E-state index contributed by atoms with van der Waals surface area (Å²) in [5, 5.41) is 3.48. The number of benzene rings is 1. The summed E-state index contributed by atoms with van der Waals surface area (Å²) in [5.41, 5.74) is 2.12. The van der Waals surface area contributed by atoms with E-state index < -0.39 is 0 Å². The Balaban J connectivity index is 1.45. The Labute approximate surface area is 159 Å². The summed E-state index contributed by atoms with van der Waals surface area (Å²) >= 11 is 6.03. The SMILES string of the molecule is O=C(CCC(=O)N1CCOc2ccc(Cl)cc21)NCCC1=CCCCC1. The minimum absolute atomic E-state index is 0.0747. The van der Waals surface area contributed by atoms with Gasteiger partial charge >= 0.3 is 0 Å². The molecule has 0 saturated heterocycles. The predicted octanol–water partition coefficient (Wildman–Crippen LogP) is 3.85. The molecule has 0 bridgehead atoms. The molecule has 0 spiro atoms. The molecular formula is C20H25ClN2O3. The Bertz CT molecular complexity index is 702. The minimum atomic E-state index is -0.0815. The van der Waals surface area contributed by atoms with Crippen LogP contribution in [0.2, 0.25) is 5.02 Å². The Morgan fingerprint density at radius 3 is 2.92 bits per heavy atom. The van der Waals surface area contributed by atoms with E-state index in [0.717, 1.165) is 19.3 Å². The molecule has 1 aromatic carbocycles. The van der Waals surface area contributed by atoms with Crippen LogP contribution >= 0.6 is 11.6 Å². The Morgan fingerprint density at radius 2 is 2.12 bits per heavy atom. The minimum Gasteiger partial charge on any atom is -0.490 e. The molecule has 0 aromatic heterocycles. The number of ether oxygens (including phenoxy) is 1. The lowest BCUT2D eigenvalue weighted by atomic mass is 9.97. The number of hydrogen-bond acceptors (Lipinski definition) is 3. The molecule has 140 valence electrons. The molecule has 0 unspecified atom stereocenters. The molecule has 0 atom stereocenters. The van der Waals surface area contributed by atoms with Crippen LogP contribution in [0.1, 0.15) is 44.9 Å². The molecule has 1 N–H and O–H groups in total. The number of halogens is 1. The average molecular weight is 377 g/mol. The van der Waals surface area contributed by atoms with Crippen molar-refractivity contribution in [3.05, 3.63) is 34.9 Å². The van der Waals surface area contributed by atoms with Crippen molar-refractivity contribution < 1.29 is 14.3 Å². The van der Waals surface area contributed by atoms with Crippen LogP contribution in [-0.4, -0.2) is 31.5 Å². The molecule has 0 radical (unpaired) electrons. The van der Waals surface area contributed by atoms with Gasteiger partial charge in [-0.3, -0.25) is 9.59 Å². The van der Waals surface area contributed by atoms with E-state index in [1.165, 1.54) is 18.4 Å². The summed E-state index contributed by atoms with van der Waals surface area (Å²) in [7, 11) is 0. The highest BCUT2D eigenvalue weighted by atomic mass is 35.5. The van der Waals surface area contributed by atoms with Gasteiger partial charge < -0.3 is 15.0 Å². The first-order chi connectivity index (χ1) is 12.6. The van der Waals surface area contributed by atoms with Gasteiger partial charge in [-0.2, -0.15) is 0 Å². The van der Waals surface area contributed by atoms with E-state index >= 15 is 0 Å². The van der Waals surface area contributed by atoms with Crippen LogP contribution < -0.4 is 15.0 Å². The van der Waals surface area contributed by atoms with Crippen molar-refractivity contribution in [3.63, 3.8) is 0 Å². The lowest BCUT2D eigenvalue weighted by Crippen LogP contribution is -2.38. The molecule has 1 heterocycles. The fourth-order valence-electron chi connectivity index (χ4n) is 3.39. The van der Waals surface area contributed by atoms with E-state index in [9.17, 15) is 9.59 Å². The Hall–Kier alpha value is -2.01. The average Bonchev–Trinajstić information content (AvgIpc) is 2.66. The van der Waals surface area contributed by atoms with Crippen LogP contribution in [-0.2, 0) is 9.59 Å². The van der Waals surface area contributed by atoms with Crippen molar-refractivity contribution in [2.45, 2.75) is 44.9 Å². The molecule has 1 aliphatic carbocycles. The number of carbonyl (C=O) groups excluding carboxylic acids is 2. The van der Waals surface area contributed by atoms with E-state index in [0.29, 0.717) is 36.2 Å². The summed E-state index contributed by atoms with van der Waals surface area (Å²) < 4.78 is 5.56. The number of anilines is 1. The molecule has 0 saturated carbocycles. The third-order valence-electron chi connectivity index (χ3n) is 4.80. The fraction of sp³-hybridized carbons (Fsp3) is 0.500. The molecule has 6 heteroatoms. The van der Waals surface area contributed by atoms with Crippen LogP contribution in [0.5, 0.6) is 5.75 Å². The molecule has 26 heavy (non-hydrogen) atoms. The number of allylic oxidation sites excluding steroid dienone is 1. The van der Waals surface area contributed by atoms with E-state index in [1.54, 1.807) is 23.1 Å². The molecule has 0 fully saturated rings. The maximum atomic E-state index is 12.5. The van der Waals surface area contributed by atoms with Gasteiger partial charge in [-0.05, 0) is 50.3 Å². The zero-order valence-corrected chi connectivity index (χ0v) is 15.7. The van der Waals surface area contributed by atoms with Crippen molar-refractivity contribution in [2.24, 2.45) is 0 Å². The van der Waals surface area contributed by atoms with Crippen LogP contribution in [0.4, 0.5) is 5.69 Å². The van der Waals surface area contributed by atoms with Gasteiger partial charge in [0, 0.05) is 24.4 Å². The molecule has 1 aliphatic heterocycles. The molecular weight excluding hydrogens is 352 g/mol. The first kappa shape index (κ1) is 18.8. The van der Waals surface area contributed by atoms with Gasteiger partial charge in [0.05, 0.1) is 12.2 Å². The van der Waals surface area contributed by atoms with Gasteiger partial charge in [0.1, 0.15) is 12.4 Å². The fourth-order valence-corrected chi connectivity index (χ4v) is 3.55. The van der Waals surface area contributed by atoms with Gasteiger partial charge in [-0.25, -0.2) is 0 Å². The van der Waals surface area contributed by atoms with Crippen LogP contribution in [0.3, 0.4) is 0 Å². The normalized spacial score (nSPS) is 16.3. The Kier molecular flexibility index (Phi) is 6.56. The zero-order valence-electron chi connectivity index (χ0n) is 14.9. The van der Waals surface area contributed by atoms with E-state index in [-0.39, 0.29) is 24.7 Å². The number of rotatable bonds is 6. The van der Waals surface area contributed by atoms with Crippen LogP contribution in [0.25, 0.3) is 0 Å². The van der Waals surface area contributed by atoms with Crippen molar-refractivity contribution >= 4 is 29.1 Å². The van der Waals surface area contributed by atoms with Crippen molar-refractivity contribution in [1.82, 2.24) is 5.32 Å². The smallest absolute Gasteiger partial charge is 0.227 e. The topological polar surface area (TPSA) is 58.6 Å². The monoisotopic (exact) mass is 376 g/mol. The maximum absolute atomic E-state index is 12.5. The standard InChI is InChI=1S/C20H25ClN2O3/c21-16-6-7-18-17(14-16)23(12-13-26-18)20(25)9-8-19(24)22-11-10-15-4-2-1-3-5-15/h4,6-7,14H,1-3,5,8-13H2,(H,22,24). The second kappa shape index (κ2) is 9.08. The van der Waals surface area contributed by atoms with E-state index in [2.05, 4.69) is 11.4 Å². The second-order valence-corrected chi connectivity index (χ2v) is 7.15. The maximum Gasteiger partial charge on any atom is 0.227 e. The van der Waals surface area contributed by atoms with Crippen molar-refractivity contribution in [3.8, 4) is 5.75 Å². The lowest BCUT2D eigenvalue weighted by Gasteiger charge is -2.29. The summed E-state index contributed by atoms with van der Waals surface area (Å²) in [5.74, 6) is 0.496. The van der Waals surface area contributed by atoms with Gasteiger partial charge in [0.15, 0.2) is 0 Å². The van der Waals surface area contributed by atoms with Gasteiger partial charge in [0.25, 0.3) is 0 Å². The molecule has 5 nitrogen and oxygen atoms in total. The molecule has 3 rings (SSSR count). The summed E-state index contributed by atoms with van der Waals surface area (Å²) in [4.78, 5) is 26.2. The number of nitrogens with one attached hydrogen (secondary N) is 1.